The van der Waals surface area contributed by atoms with Crippen LogP contribution in [0.2, 0.25) is 0 Å². The summed E-state index contributed by atoms with van der Waals surface area (Å²) in [6, 6.07) is 5.65. The van der Waals surface area contributed by atoms with Crippen LogP contribution in [0.3, 0.4) is 0 Å². The number of rotatable bonds is 5. The molecular weight excluding hydrogens is 271 g/mol. The molecule has 2 aromatic rings. The number of aromatic amines is 1. The van der Waals surface area contributed by atoms with Gasteiger partial charge < -0.3 is 9.72 Å². The number of carbonyl (C=O) groups is 1. The number of H-pyrrole nitrogens is 1. The lowest BCUT2D eigenvalue weighted by atomic mass is 10.1. The Morgan fingerprint density at radius 2 is 2.10 bits per heavy atom. The first kappa shape index (κ1) is 14.6. The highest BCUT2D eigenvalue weighted by Gasteiger charge is 2.27. The van der Waals surface area contributed by atoms with E-state index in [4.69, 9.17) is 0 Å². The number of nitrogens with one attached hydrogen (secondary N) is 1. The first-order valence-corrected chi connectivity index (χ1v) is 6.12. The number of carbonyl (C=O) groups excluding carboxylic acids is 1. The van der Waals surface area contributed by atoms with Crippen molar-refractivity contribution in [2.75, 3.05) is 13.2 Å². The summed E-state index contributed by atoms with van der Waals surface area (Å²) < 4.78 is 40.1. The lowest BCUT2D eigenvalue weighted by Crippen LogP contribution is -2.18. The van der Waals surface area contributed by atoms with E-state index >= 15 is 0 Å². The molecule has 3 nitrogen and oxygen atoms in total. The third-order valence-corrected chi connectivity index (χ3v) is 2.88. The molecule has 0 radical (unpaired) electrons. The van der Waals surface area contributed by atoms with Crippen molar-refractivity contribution < 1.29 is 22.7 Å². The summed E-state index contributed by atoms with van der Waals surface area (Å²) in [7, 11) is 0. The number of ketones is 1. The number of ether oxygens (including phenoxy) is 1. The van der Waals surface area contributed by atoms with Crippen LogP contribution >= 0.6 is 0 Å². The number of Topliss-reactive ketones (excluding diaryl/α,β-unsaturated/α-hetero) is 1. The minimum Gasteiger partial charge on any atom is -0.372 e. The van der Waals surface area contributed by atoms with E-state index in [9.17, 15) is 18.0 Å². The molecule has 0 saturated heterocycles. The van der Waals surface area contributed by atoms with Gasteiger partial charge in [-0.1, -0.05) is 11.6 Å². The normalized spacial score (nSPS) is 12.0. The molecule has 6 heteroatoms. The molecule has 0 spiro atoms. The summed E-state index contributed by atoms with van der Waals surface area (Å²) >= 11 is 0. The van der Waals surface area contributed by atoms with E-state index in [1.165, 1.54) is 0 Å². The number of alkyl halides is 3. The Bertz CT molecular complexity index is 616. The van der Waals surface area contributed by atoms with Crippen LogP contribution in [0, 0.1) is 6.92 Å². The number of fused-ring (bicyclic) bond motifs is 1. The Kier molecular flexibility index (Phi) is 4.13. The quantitative estimate of drug-likeness (QED) is 0.673. The van der Waals surface area contributed by atoms with E-state index in [1.807, 2.05) is 25.1 Å². The molecule has 108 valence electrons. The number of halogens is 3. The van der Waals surface area contributed by atoms with Gasteiger partial charge in [-0.2, -0.15) is 13.2 Å². The van der Waals surface area contributed by atoms with E-state index in [2.05, 4.69) is 9.72 Å². The summed E-state index contributed by atoms with van der Waals surface area (Å²) in [5.74, 6) is -0.232. The van der Waals surface area contributed by atoms with Gasteiger partial charge in [0.1, 0.15) is 6.61 Å². The Hall–Kier alpha value is -1.82. The van der Waals surface area contributed by atoms with E-state index in [1.54, 1.807) is 6.20 Å². The van der Waals surface area contributed by atoms with Crippen molar-refractivity contribution >= 4 is 16.7 Å². The van der Waals surface area contributed by atoms with Crippen LogP contribution < -0.4 is 0 Å². The van der Waals surface area contributed by atoms with Gasteiger partial charge in [0.05, 0.1) is 6.61 Å². The van der Waals surface area contributed by atoms with Gasteiger partial charge in [-0.25, -0.2) is 0 Å². The number of aryl methyl sites for hydroxylation is 1. The predicted octanol–water partition coefficient (Wildman–Crippen LogP) is 3.63. The van der Waals surface area contributed by atoms with Gasteiger partial charge in [-0.05, 0) is 19.1 Å². The predicted molar refractivity (Wildman–Crippen MR) is 68.9 cm³/mol. The van der Waals surface area contributed by atoms with E-state index in [-0.39, 0.29) is 18.8 Å². The lowest BCUT2D eigenvalue weighted by molar-refractivity contribution is -0.173. The first-order chi connectivity index (χ1) is 9.37. The number of hydrogen-bond acceptors (Lipinski definition) is 2. The third-order valence-electron chi connectivity index (χ3n) is 2.88. The fraction of sp³-hybridized carbons (Fsp3) is 0.357. The minimum absolute atomic E-state index is 0.0724. The SMILES string of the molecule is Cc1ccc2[nH]cc(C(=O)CCOCC(F)(F)F)c2c1. The average molecular weight is 285 g/mol. The highest BCUT2D eigenvalue weighted by Crippen LogP contribution is 2.21. The van der Waals surface area contributed by atoms with Gasteiger partial charge in [0.15, 0.2) is 5.78 Å². The number of hydrogen-bond donors (Lipinski definition) is 1. The zero-order valence-corrected chi connectivity index (χ0v) is 10.9. The molecule has 1 aromatic heterocycles. The van der Waals surface area contributed by atoms with Crippen LogP contribution in [0.15, 0.2) is 24.4 Å². The largest absolute Gasteiger partial charge is 0.411 e. The summed E-state index contributed by atoms with van der Waals surface area (Å²) in [6.07, 6.45) is -2.85. The van der Waals surface area contributed by atoms with Crippen molar-refractivity contribution in [3.63, 3.8) is 0 Å². The molecule has 1 aromatic carbocycles. The van der Waals surface area contributed by atoms with Crippen molar-refractivity contribution in [3.05, 3.63) is 35.5 Å². The zero-order chi connectivity index (χ0) is 14.8. The van der Waals surface area contributed by atoms with Gasteiger partial charge >= 0.3 is 6.18 Å². The summed E-state index contributed by atoms with van der Waals surface area (Å²) in [4.78, 5) is 14.9. The molecular formula is C14H14F3NO2. The molecule has 1 heterocycles. The fourth-order valence-corrected chi connectivity index (χ4v) is 1.95. The lowest BCUT2D eigenvalue weighted by Gasteiger charge is -2.06. The van der Waals surface area contributed by atoms with Gasteiger partial charge in [0.25, 0.3) is 0 Å². The third kappa shape index (κ3) is 3.60. The van der Waals surface area contributed by atoms with E-state index in [0.717, 1.165) is 16.5 Å². The maximum absolute atomic E-state index is 12.0. The maximum Gasteiger partial charge on any atom is 0.411 e. The minimum atomic E-state index is -4.36. The van der Waals surface area contributed by atoms with Crippen LogP contribution in [-0.2, 0) is 4.74 Å². The summed E-state index contributed by atoms with van der Waals surface area (Å²) in [5.41, 5.74) is 2.33. The molecule has 1 N–H and O–H groups in total. The smallest absolute Gasteiger partial charge is 0.372 e. The van der Waals surface area contributed by atoms with Gasteiger partial charge in [0, 0.05) is 29.1 Å². The Labute approximate surface area is 113 Å². The number of benzene rings is 1. The highest BCUT2D eigenvalue weighted by molar-refractivity contribution is 6.08. The van der Waals surface area contributed by atoms with Crippen LogP contribution in [0.5, 0.6) is 0 Å². The Balaban J connectivity index is 1.99. The average Bonchev–Trinajstić information content (AvgIpc) is 2.76. The fourth-order valence-electron chi connectivity index (χ4n) is 1.95. The van der Waals surface area contributed by atoms with Gasteiger partial charge in [-0.15, -0.1) is 0 Å². The first-order valence-electron chi connectivity index (χ1n) is 6.12. The van der Waals surface area contributed by atoms with Crippen molar-refractivity contribution in [2.45, 2.75) is 19.5 Å². The van der Waals surface area contributed by atoms with E-state index < -0.39 is 12.8 Å². The maximum atomic E-state index is 12.0. The van der Waals surface area contributed by atoms with E-state index in [0.29, 0.717) is 5.56 Å². The molecule has 0 aliphatic carbocycles. The topological polar surface area (TPSA) is 42.1 Å². The van der Waals surface area contributed by atoms with Crippen molar-refractivity contribution in [3.8, 4) is 0 Å². The van der Waals surface area contributed by atoms with Crippen molar-refractivity contribution in [1.29, 1.82) is 0 Å². The molecule has 0 aliphatic heterocycles. The number of aromatic nitrogens is 1. The summed E-state index contributed by atoms with van der Waals surface area (Å²) in [6.45, 7) is 0.344. The van der Waals surface area contributed by atoms with Crippen LogP contribution in [0.4, 0.5) is 13.2 Å². The monoisotopic (exact) mass is 285 g/mol. The van der Waals surface area contributed by atoms with Gasteiger partial charge in [0.2, 0.25) is 0 Å². The molecule has 0 aliphatic rings. The van der Waals surface area contributed by atoms with Crippen LogP contribution in [0.25, 0.3) is 10.9 Å². The Morgan fingerprint density at radius 3 is 2.80 bits per heavy atom. The van der Waals surface area contributed by atoms with Crippen molar-refractivity contribution in [1.82, 2.24) is 4.98 Å². The summed E-state index contributed by atoms with van der Waals surface area (Å²) in [5, 5.41) is 0.783. The van der Waals surface area contributed by atoms with Crippen molar-refractivity contribution in [2.24, 2.45) is 0 Å². The molecule has 0 bridgehead atoms. The standard InChI is InChI=1S/C14H14F3NO2/c1-9-2-3-12-10(6-9)11(7-18-12)13(19)4-5-20-8-14(15,16)17/h2-3,6-7,18H,4-5,8H2,1H3. The molecule has 2 rings (SSSR count). The van der Waals surface area contributed by atoms with Gasteiger partial charge in [-0.3, -0.25) is 4.79 Å². The molecule has 0 atom stereocenters. The molecule has 0 amide bonds. The highest BCUT2D eigenvalue weighted by atomic mass is 19.4. The molecule has 20 heavy (non-hydrogen) atoms. The van der Waals surface area contributed by atoms with Crippen LogP contribution in [-0.4, -0.2) is 30.2 Å². The Morgan fingerprint density at radius 1 is 1.35 bits per heavy atom. The second kappa shape index (κ2) is 5.66. The van der Waals surface area contributed by atoms with Crippen LogP contribution in [0.1, 0.15) is 22.3 Å². The zero-order valence-electron chi connectivity index (χ0n) is 10.9. The molecule has 0 saturated carbocycles. The second-order valence-electron chi connectivity index (χ2n) is 4.59. The second-order valence-corrected chi connectivity index (χ2v) is 4.59. The molecule has 0 fully saturated rings. The molecule has 0 unspecified atom stereocenters.